The normalized spacial score (nSPS) is 19.3. The SMILES string of the molecule is Cc1noc(C)c1COc1ccc(CC(=O)N2CCC(C)(C(=O)O)C2)cc1. The van der Waals surface area contributed by atoms with Gasteiger partial charge < -0.3 is 19.3 Å². The highest BCUT2D eigenvalue weighted by atomic mass is 16.5. The van der Waals surface area contributed by atoms with Crippen LogP contribution in [0.3, 0.4) is 0 Å². The minimum Gasteiger partial charge on any atom is -0.489 e. The van der Waals surface area contributed by atoms with E-state index in [1.165, 1.54) is 0 Å². The average molecular weight is 372 g/mol. The van der Waals surface area contributed by atoms with Crippen molar-refractivity contribution < 1.29 is 24.0 Å². The molecule has 7 heteroatoms. The fraction of sp³-hybridized carbons (Fsp3) is 0.450. The van der Waals surface area contributed by atoms with E-state index in [0.717, 1.165) is 22.6 Å². The number of carboxylic acid groups (broad SMARTS) is 1. The van der Waals surface area contributed by atoms with Crippen molar-refractivity contribution >= 4 is 11.9 Å². The highest BCUT2D eigenvalue weighted by molar-refractivity contribution is 5.82. The highest BCUT2D eigenvalue weighted by Gasteiger charge is 2.41. The predicted molar refractivity (Wildman–Crippen MR) is 97.4 cm³/mol. The zero-order chi connectivity index (χ0) is 19.6. The molecule has 0 spiro atoms. The molecule has 1 amide bonds. The molecule has 1 aromatic carbocycles. The van der Waals surface area contributed by atoms with Gasteiger partial charge in [-0.2, -0.15) is 0 Å². The molecular formula is C20H24N2O5. The predicted octanol–water partition coefficient (Wildman–Crippen LogP) is 2.74. The van der Waals surface area contributed by atoms with Crippen molar-refractivity contribution in [1.82, 2.24) is 10.1 Å². The van der Waals surface area contributed by atoms with E-state index < -0.39 is 11.4 Å². The number of ether oxygens (including phenoxy) is 1. The molecule has 1 N–H and O–H groups in total. The van der Waals surface area contributed by atoms with Gasteiger partial charge in [0, 0.05) is 13.1 Å². The van der Waals surface area contributed by atoms with Crippen LogP contribution in [0.2, 0.25) is 0 Å². The molecule has 144 valence electrons. The first-order chi connectivity index (χ1) is 12.8. The molecule has 0 bridgehead atoms. The number of aromatic nitrogens is 1. The van der Waals surface area contributed by atoms with E-state index in [9.17, 15) is 14.7 Å². The number of nitrogens with zero attached hydrogens (tertiary/aromatic N) is 2. The zero-order valence-corrected chi connectivity index (χ0v) is 15.8. The molecule has 1 aliphatic heterocycles. The minimum atomic E-state index is -0.849. The molecule has 1 aliphatic rings. The summed E-state index contributed by atoms with van der Waals surface area (Å²) < 4.78 is 10.9. The molecule has 27 heavy (non-hydrogen) atoms. The van der Waals surface area contributed by atoms with Crippen LogP contribution in [0.1, 0.15) is 35.9 Å². The van der Waals surface area contributed by atoms with Gasteiger partial charge in [-0.15, -0.1) is 0 Å². The van der Waals surface area contributed by atoms with Crippen molar-refractivity contribution in [2.45, 2.75) is 40.2 Å². The first-order valence-corrected chi connectivity index (χ1v) is 8.93. The summed E-state index contributed by atoms with van der Waals surface area (Å²) in [7, 11) is 0. The minimum absolute atomic E-state index is 0.0515. The number of benzene rings is 1. The van der Waals surface area contributed by atoms with E-state index in [-0.39, 0.29) is 18.9 Å². The second-order valence-corrected chi connectivity index (χ2v) is 7.34. The van der Waals surface area contributed by atoms with Crippen LogP contribution in [0.25, 0.3) is 0 Å². The van der Waals surface area contributed by atoms with E-state index in [0.29, 0.717) is 25.3 Å². The Bertz CT molecular complexity index is 823. The topological polar surface area (TPSA) is 92.9 Å². The molecule has 7 nitrogen and oxygen atoms in total. The van der Waals surface area contributed by atoms with Gasteiger partial charge in [0.15, 0.2) is 0 Å². The van der Waals surface area contributed by atoms with Crippen LogP contribution in [-0.2, 0) is 22.6 Å². The van der Waals surface area contributed by atoms with Crippen molar-refractivity contribution in [2.75, 3.05) is 13.1 Å². The Morgan fingerprint density at radius 1 is 1.30 bits per heavy atom. The van der Waals surface area contributed by atoms with Crippen LogP contribution in [0.15, 0.2) is 28.8 Å². The summed E-state index contributed by atoms with van der Waals surface area (Å²) in [6.45, 7) is 6.54. The molecule has 2 aromatic rings. The lowest BCUT2D eigenvalue weighted by molar-refractivity contribution is -0.147. The highest BCUT2D eigenvalue weighted by Crippen LogP contribution is 2.30. The quantitative estimate of drug-likeness (QED) is 0.838. The van der Waals surface area contributed by atoms with E-state index in [1.54, 1.807) is 11.8 Å². The van der Waals surface area contributed by atoms with Crippen LogP contribution in [0.5, 0.6) is 5.75 Å². The summed E-state index contributed by atoms with van der Waals surface area (Å²) in [5, 5.41) is 13.2. The number of amides is 1. The van der Waals surface area contributed by atoms with Gasteiger partial charge in [0.25, 0.3) is 0 Å². The van der Waals surface area contributed by atoms with Crippen LogP contribution in [0, 0.1) is 19.3 Å². The van der Waals surface area contributed by atoms with Gasteiger partial charge in [0.05, 0.1) is 23.1 Å². The molecule has 0 aliphatic carbocycles. The molecule has 1 unspecified atom stereocenters. The van der Waals surface area contributed by atoms with Gasteiger partial charge in [0.2, 0.25) is 5.91 Å². The number of likely N-dealkylation sites (tertiary alicyclic amines) is 1. The smallest absolute Gasteiger partial charge is 0.311 e. The molecule has 0 saturated carbocycles. The average Bonchev–Trinajstić information content (AvgIpc) is 3.19. The van der Waals surface area contributed by atoms with E-state index >= 15 is 0 Å². The summed E-state index contributed by atoms with van der Waals surface area (Å²) in [6, 6.07) is 7.36. The molecule has 1 fully saturated rings. The zero-order valence-electron chi connectivity index (χ0n) is 15.8. The van der Waals surface area contributed by atoms with E-state index in [4.69, 9.17) is 9.26 Å². The third-order valence-electron chi connectivity index (χ3n) is 5.19. The maximum atomic E-state index is 12.5. The van der Waals surface area contributed by atoms with Crippen molar-refractivity contribution in [3.05, 3.63) is 46.8 Å². The molecule has 2 heterocycles. The van der Waals surface area contributed by atoms with Gasteiger partial charge in [-0.1, -0.05) is 17.3 Å². The van der Waals surface area contributed by atoms with Gasteiger partial charge in [-0.3, -0.25) is 9.59 Å². The Morgan fingerprint density at radius 3 is 2.56 bits per heavy atom. The van der Waals surface area contributed by atoms with E-state index in [2.05, 4.69) is 5.16 Å². The second-order valence-electron chi connectivity index (χ2n) is 7.34. The standard InChI is InChI=1S/C20H24N2O5/c1-13-17(14(2)27-21-13)11-26-16-6-4-15(5-7-16)10-18(23)22-9-8-20(3,12-22)19(24)25/h4-7H,8-12H2,1-3H3,(H,24,25). The number of hydrogen-bond donors (Lipinski definition) is 1. The summed E-state index contributed by atoms with van der Waals surface area (Å²) in [5.41, 5.74) is 1.78. The Morgan fingerprint density at radius 2 is 2.00 bits per heavy atom. The first kappa shape index (κ1) is 18.9. The Hall–Kier alpha value is -2.83. The molecule has 0 radical (unpaired) electrons. The molecular weight excluding hydrogens is 348 g/mol. The number of carbonyl (C=O) groups is 2. The van der Waals surface area contributed by atoms with Crippen LogP contribution in [-0.4, -0.2) is 40.1 Å². The lowest BCUT2D eigenvalue weighted by Gasteiger charge is -2.20. The molecule has 1 aromatic heterocycles. The number of rotatable bonds is 6. The summed E-state index contributed by atoms with van der Waals surface area (Å²) in [5.74, 6) is 0.543. The van der Waals surface area contributed by atoms with Gasteiger partial charge in [-0.25, -0.2) is 0 Å². The van der Waals surface area contributed by atoms with Crippen molar-refractivity contribution in [3.63, 3.8) is 0 Å². The first-order valence-electron chi connectivity index (χ1n) is 8.93. The van der Waals surface area contributed by atoms with Crippen LogP contribution >= 0.6 is 0 Å². The van der Waals surface area contributed by atoms with Gasteiger partial charge in [-0.05, 0) is 44.9 Å². The Balaban J connectivity index is 1.55. The molecule has 1 atom stereocenters. The number of carbonyl (C=O) groups excluding carboxylic acids is 1. The Kier molecular flexibility index (Phi) is 5.21. The Labute approximate surface area is 157 Å². The van der Waals surface area contributed by atoms with Crippen LogP contribution < -0.4 is 4.74 Å². The number of hydrogen-bond acceptors (Lipinski definition) is 5. The molecule has 3 rings (SSSR count). The van der Waals surface area contributed by atoms with Gasteiger partial charge >= 0.3 is 5.97 Å². The maximum Gasteiger partial charge on any atom is 0.311 e. The number of aryl methyl sites for hydroxylation is 2. The number of carboxylic acids is 1. The molecule has 1 saturated heterocycles. The monoisotopic (exact) mass is 372 g/mol. The summed E-state index contributed by atoms with van der Waals surface area (Å²) >= 11 is 0. The summed E-state index contributed by atoms with van der Waals surface area (Å²) in [4.78, 5) is 25.4. The van der Waals surface area contributed by atoms with Crippen molar-refractivity contribution in [3.8, 4) is 5.75 Å². The lowest BCUT2D eigenvalue weighted by Crippen LogP contribution is -2.35. The van der Waals surface area contributed by atoms with Crippen molar-refractivity contribution in [2.24, 2.45) is 5.41 Å². The van der Waals surface area contributed by atoms with Crippen molar-refractivity contribution in [1.29, 1.82) is 0 Å². The maximum absolute atomic E-state index is 12.5. The summed E-state index contributed by atoms with van der Waals surface area (Å²) in [6.07, 6.45) is 0.738. The number of aliphatic carboxylic acids is 1. The van der Waals surface area contributed by atoms with E-state index in [1.807, 2.05) is 38.1 Å². The largest absolute Gasteiger partial charge is 0.489 e. The van der Waals surface area contributed by atoms with Gasteiger partial charge in [0.1, 0.15) is 18.1 Å². The third-order valence-corrected chi connectivity index (χ3v) is 5.19. The fourth-order valence-corrected chi connectivity index (χ4v) is 3.20. The van der Waals surface area contributed by atoms with Crippen LogP contribution in [0.4, 0.5) is 0 Å². The third kappa shape index (κ3) is 4.13. The fourth-order valence-electron chi connectivity index (χ4n) is 3.20. The lowest BCUT2D eigenvalue weighted by atomic mass is 9.90. The second kappa shape index (κ2) is 7.42.